The largest absolute Gasteiger partial charge is 0.384 e. The number of nitrogen functional groups attached to an aromatic ring is 1. The summed E-state index contributed by atoms with van der Waals surface area (Å²) in [5.74, 6) is 1.09. The molecule has 14 heavy (non-hydrogen) atoms. The molecule has 0 amide bonds. The molecule has 0 radical (unpaired) electrons. The zero-order valence-electron chi connectivity index (χ0n) is 7.31. The second-order valence-electron chi connectivity index (χ2n) is 2.65. The van der Waals surface area contributed by atoms with Crippen LogP contribution in [-0.4, -0.2) is 25.6 Å². The van der Waals surface area contributed by atoms with E-state index in [0.717, 1.165) is 5.69 Å². The Balaban J connectivity index is 1.95. The van der Waals surface area contributed by atoms with Crippen molar-refractivity contribution in [1.29, 1.82) is 0 Å². The molecule has 0 fully saturated rings. The van der Waals surface area contributed by atoms with E-state index in [1.807, 2.05) is 6.07 Å². The van der Waals surface area contributed by atoms with E-state index >= 15 is 0 Å². The topological polar surface area (TPSA) is 105 Å². The second-order valence-corrected chi connectivity index (χ2v) is 2.65. The molecule has 2 heterocycles. The minimum atomic E-state index is 0.495. The molecule has 2 aromatic heterocycles. The van der Waals surface area contributed by atoms with E-state index < -0.39 is 0 Å². The quantitative estimate of drug-likeness (QED) is 0.619. The number of pyridine rings is 1. The van der Waals surface area contributed by atoms with Crippen molar-refractivity contribution < 1.29 is 0 Å². The third kappa shape index (κ3) is 1.94. The Hall–Kier alpha value is -2.18. The second kappa shape index (κ2) is 3.69. The first kappa shape index (κ1) is 8.42. The van der Waals surface area contributed by atoms with Crippen molar-refractivity contribution in [2.24, 2.45) is 0 Å². The maximum atomic E-state index is 5.44. The first-order valence-corrected chi connectivity index (χ1v) is 4.02. The molecule has 0 spiro atoms. The van der Waals surface area contributed by atoms with E-state index in [0.29, 0.717) is 18.2 Å². The van der Waals surface area contributed by atoms with Gasteiger partial charge in [0.25, 0.3) is 0 Å². The van der Waals surface area contributed by atoms with Gasteiger partial charge in [0.05, 0.1) is 18.4 Å². The Labute approximate surface area is 79.7 Å². The van der Waals surface area contributed by atoms with E-state index in [1.54, 1.807) is 12.3 Å². The van der Waals surface area contributed by atoms with Gasteiger partial charge in [-0.25, -0.2) is 4.98 Å². The number of nitrogens with two attached hydrogens (primary N) is 1. The lowest BCUT2D eigenvalue weighted by Crippen LogP contribution is -2.02. The van der Waals surface area contributed by atoms with Crippen molar-refractivity contribution in [2.45, 2.75) is 6.54 Å². The molecule has 4 N–H and O–H groups in total. The number of rotatable bonds is 3. The molecule has 0 aromatic carbocycles. The predicted molar refractivity (Wildman–Crippen MR) is 50.2 cm³/mol. The summed E-state index contributed by atoms with van der Waals surface area (Å²) >= 11 is 0. The van der Waals surface area contributed by atoms with Crippen LogP contribution in [0.1, 0.15) is 5.82 Å². The number of nitrogens with zero attached hydrogens (tertiary/aromatic N) is 4. The molecule has 0 saturated heterocycles. The number of hydrogen-bond donors (Lipinski definition) is 3. The number of nitrogens with one attached hydrogen (secondary N) is 2. The van der Waals surface area contributed by atoms with Crippen LogP contribution in [0.4, 0.5) is 11.5 Å². The highest BCUT2D eigenvalue weighted by atomic mass is 15.5. The van der Waals surface area contributed by atoms with Crippen molar-refractivity contribution in [1.82, 2.24) is 25.6 Å². The smallest absolute Gasteiger partial charge is 0.193 e. The molecule has 0 bridgehead atoms. The Morgan fingerprint density at radius 3 is 3.00 bits per heavy atom. The van der Waals surface area contributed by atoms with Crippen LogP contribution in [0.25, 0.3) is 0 Å². The summed E-state index contributed by atoms with van der Waals surface area (Å²) < 4.78 is 0. The number of H-pyrrole nitrogens is 1. The molecule has 0 aliphatic carbocycles. The van der Waals surface area contributed by atoms with Crippen LogP contribution in [0.15, 0.2) is 18.3 Å². The van der Waals surface area contributed by atoms with Gasteiger partial charge >= 0.3 is 0 Å². The van der Waals surface area contributed by atoms with Crippen molar-refractivity contribution in [3.63, 3.8) is 0 Å². The van der Waals surface area contributed by atoms with Gasteiger partial charge in [0.2, 0.25) is 0 Å². The molecular formula is C7H9N7. The number of tetrazole rings is 1. The number of hydrogen-bond acceptors (Lipinski definition) is 6. The van der Waals surface area contributed by atoms with Crippen LogP contribution in [0.3, 0.4) is 0 Å². The van der Waals surface area contributed by atoms with Crippen LogP contribution in [-0.2, 0) is 6.54 Å². The fourth-order valence-electron chi connectivity index (χ4n) is 0.948. The summed E-state index contributed by atoms with van der Waals surface area (Å²) in [5, 5.41) is 16.5. The van der Waals surface area contributed by atoms with Gasteiger partial charge in [-0.3, -0.25) is 0 Å². The van der Waals surface area contributed by atoms with Gasteiger partial charge in [0.1, 0.15) is 5.82 Å². The van der Waals surface area contributed by atoms with Gasteiger partial charge < -0.3 is 11.1 Å². The van der Waals surface area contributed by atoms with Crippen LogP contribution in [0, 0.1) is 0 Å². The van der Waals surface area contributed by atoms with Gasteiger partial charge in [0, 0.05) is 0 Å². The number of anilines is 2. The summed E-state index contributed by atoms with van der Waals surface area (Å²) in [4.78, 5) is 3.93. The van der Waals surface area contributed by atoms with E-state index in [2.05, 4.69) is 30.9 Å². The molecule has 2 rings (SSSR count). The number of aromatic amines is 1. The minimum absolute atomic E-state index is 0.495. The summed E-state index contributed by atoms with van der Waals surface area (Å²) in [5.41, 5.74) is 6.30. The lowest BCUT2D eigenvalue weighted by molar-refractivity contribution is 0.881. The molecular weight excluding hydrogens is 182 g/mol. The molecule has 0 unspecified atom stereocenters. The summed E-state index contributed by atoms with van der Waals surface area (Å²) in [7, 11) is 0. The summed E-state index contributed by atoms with van der Waals surface area (Å²) in [6, 6.07) is 3.56. The monoisotopic (exact) mass is 191 g/mol. The number of aromatic nitrogens is 5. The summed E-state index contributed by atoms with van der Waals surface area (Å²) in [6.07, 6.45) is 1.65. The van der Waals surface area contributed by atoms with Gasteiger partial charge in [-0.15, -0.1) is 10.2 Å². The van der Waals surface area contributed by atoms with Crippen molar-refractivity contribution in [2.75, 3.05) is 11.1 Å². The van der Waals surface area contributed by atoms with Crippen molar-refractivity contribution in [3.8, 4) is 0 Å². The highest BCUT2D eigenvalue weighted by Crippen LogP contribution is 2.07. The maximum absolute atomic E-state index is 5.44. The fraction of sp³-hybridized carbons (Fsp3) is 0.143. The van der Waals surface area contributed by atoms with E-state index in [-0.39, 0.29) is 0 Å². The standard InChI is InChI=1S/C7H9N7/c8-6-2-1-5(3-10-6)9-4-7-11-13-14-12-7/h1-3,9H,4H2,(H2,8,10)(H,11,12,13,14). The van der Waals surface area contributed by atoms with Gasteiger partial charge in [0.15, 0.2) is 5.82 Å². The zero-order valence-corrected chi connectivity index (χ0v) is 7.31. The van der Waals surface area contributed by atoms with Crippen LogP contribution in [0.2, 0.25) is 0 Å². The molecule has 7 heteroatoms. The first-order valence-electron chi connectivity index (χ1n) is 4.02. The molecule has 0 atom stereocenters. The van der Waals surface area contributed by atoms with E-state index in [4.69, 9.17) is 5.73 Å². The zero-order chi connectivity index (χ0) is 9.80. The molecule has 0 aliphatic heterocycles. The Bertz CT molecular complexity index is 379. The first-order chi connectivity index (χ1) is 6.84. The highest BCUT2D eigenvalue weighted by Gasteiger charge is 1.97. The average Bonchev–Trinajstić information content (AvgIpc) is 2.70. The third-order valence-electron chi connectivity index (χ3n) is 1.63. The van der Waals surface area contributed by atoms with E-state index in [1.165, 1.54) is 0 Å². The molecule has 2 aromatic rings. The minimum Gasteiger partial charge on any atom is -0.384 e. The molecule has 7 nitrogen and oxygen atoms in total. The molecule has 0 saturated carbocycles. The average molecular weight is 191 g/mol. The predicted octanol–water partition coefficient (Wildman–Crippen LogP) is -0.211. The Kier molecular flexibility index (Phi) is 2.22. The normalized spacial score (nSPS) is 10.0. The van der Waals surface area contributed by atoms with Gasteiger partial charge in [-0.2, -0.15) is 5.21 Å². The van der Waals surface area contributed by atoms with Crippen LogP contribution in [0.5, 0.6) is 0 Å². The van der Waals surface area contributed by atoms with Crippen LogP contribution >= 0.6 is 0 Å². The Morgan fingerprint density at radius 2 is 2.36 bits per heavy atom. The maximum Gasteiger partial charge on any atom is 0.193 e. The lowest BCUT2D eigenvalue weighted by atomic mass is 10.4. The summed E-state index contributed by atoms with van der Waals surface area (Å²) in [6.45, 7) is 0.502. The van der Waals surface area contributed by atoms with E-state index in [9.17, 15) is 0 Å². The van der Waals surface area contributed by atoms with Crippen molar-refractivity contribution in [3.05, 3.63) is 24.2 Å². The van der Waals surface area contributed by atoms with Gasteiger partial charge in [-0.05, 0) is 12.1 Å². The third-order valence-corrected chi connectivity index (χ3v) is 1.63. The molecule has 0 aliphatic rings. The van der Waals surface area contributed by atoms with Gasteiger partial charge in [-0.1, -0.05) is 5.21 Å². The highest BCUT2D eigenvalue weighted by molar-refractivity contribution is 5.45. The fourth-order valence-corrected chi connectivity index (χ4v) is 0.948. The SMILES string of the molecule is Nc1ccc(NCc2nn[nH]n2)cn1. The Morgan fingerprint density at radius 1 is 1.43 bits per heavy atom. The van der Waals surface area contributed by atoms with Crippen molar-refractivity contribution >= 4 is 11.5 Å². The molecule has 72 valence electrons. The van der Waals surface area contributed by atoms with Crippen LogP contribution < -0.4 is 11.1 Å². The lowest BCUT2D eigenvalue weighted by Gasteiger charge is -2.02.